The Kier molecular flexibility index (Phi) is 3.17. The molecule has 0 amide bonds. The Morgan fingerprint density at radius 3 is 2.08 bits per heavy atom. The smallest absolute Gasteiger partial charge is 0.356 e. The standard InChI is InChI=1S/C14H6N2O9/c17-10-4-2-6(14(23)24)16(25)9(4)7-3(12(19)20)1-5(13(21)22)15-8(7)11(10)18/h1-2,25H,(H,19,20)(H,21,22)(H,23,24). The van der Waals surface area contributed by atoms with Crippen LogP contribution in [0.5, 0.6) is 0 Å². The number of carbonyl (C=O) groups is 5. The van der Waals surface area contributed by atoms with Gasteiger partial charge in [-0.25, -0.2) is 19.4 Å². The zero-order valence-corrected chi connectivity index (χ0v) is 11.9. The van der Waals surface area contributed by atoms with Crippen LogP contribution in [0.15, 0.2) is 12.1 Å². The van der Waals surface area contributed by atoms with Crippen LogP contribution in [0.2, 0.25) is 0 Å². The summed E-state index contributed by atoms with van der Waals surface area (Å²) < 4.78 is 0.0510. The molecule has 2 heterocycles. The maximum atomic E-state index is 12.2. The molecule has 0 aliphatic heterocycles. The third kappa shape index (κ3) is 2.06. The van der Waals surface area contributed by atoms with Gasteiger partial charge >= 0.3 is 17.9 Å². The molecular formula is C14H6N2O9. The highest BCUT2D eigenvalue weighted by Crippen LogP contribution is 2.37. The normalized spacial score (nSPS) is 12.5. The van der Waals surface area contributed by atoms with Gasteiger partial charge < -0.3 is 20.5 Å². The Hall–Kier alpha value is -4.02. The summed E-state index contributed by atoms with van der Waals surface area (Å²) in [6, 6.07) is 1.36. The highest BCUT2D eigenvalue weighted by Gasteiger charge is 2.40. The number of rotatable bonds is 3. The first-order valence-electron chi connectivity index (χ1n) is 6.44. The van der Waals surface area contributed by atoms with Crippen molar-refractivity contribution in [3.8, 4) is 11.3 Å². The van der Waals surface area contributed by atoms with Gasteiger partial charge in [-0.3, -0.25) is 9.59 Å². The first-order chi connectivity index (χ1) is 11.6. The van der Waals surface area contributed by atoms with Crippen LogP contribution in [0.25, 0.3) is 11.3 Å². The van der Waals surface area contributed by atoms with Crippen LogP contribution in [0.1, 0.15) is 52.2 Å². The van der Waals surface area contributed by atoms with Crippen molar-refractivity contribution in [3.05, 3.63) is 40.3 Å². The zero-order valence-electron chi connectivity index (χ0n) is 11.9. The summed E-state index contributed by atoms with van der Waals surface area (Å²) in [5, 5.41) is 37.3. The van der Waals surface area contributed by atoms with Gasteiger partial charge in [-0.15, -0.1) is 0 Å². The number of pyridine rings is 1. The van der Waals surface area contributed by atoms with Crippen molar-refractivity contribution >= 4 is 29.5 Å². The molecule has 0 atom stereocenters. The van der Waals surface area contributed by atoms with Gasteiger partial charge in [-0.05, 0) is 12.1 Å². The van der Waals surface area contributed by atoms with E-state index in [0.717, 1.165) is 6.07 Å². The topological polar surface area (TPSA) is 184 Å². The van der Waals surface area contributed by atoms with Gasteiger partial charge in [0.1, 0.15) is 17.1 Å². The van der Waals surface area contributed by atoms with Crippen molar-refractivity contribution in [2.45, 2.75) is 0 Å². The number of carbonyl (C=O) groups excluding carboxylic acids is 2. The largest absolute Gasteiger partial charge is 0.478 e. The molecule has 3 rings (SSSR count). The van der Waals surface area contributed by atoms with Gasteiger partial charge in [0.15, 0.2) is 5.69 Å². The second kappa shape index (κ2) is 4.99. The lowest BCUT2D eigenvalue weighted by atomic mass is 9.88. The molecule has 0 fully saturated rings. The summed E-state index contributed by atoms with van der Waals surface area (Å²) in [5.41, 5.74) is -4.71. The van der Waals surface area contributed by atoms with Crippen LogP contribution in [-0.2, 0) is 0 Å². The number of Topliss-reactive ketones (excluding diaryl/α,β-unsaturated/α-hetero) is 2. The van der Waals surface area contributed by atoms with Crippen LogP contribution in [0, 0.1) is 0 Å². The molecule has 0 bridgehead atoms. The fraction of sp³-hybridized carbons (Fsp3) is 0. The first-order valence-corrected chi connectivity index (χ1v) is 6.44. The van der Waals surface area contributed by atoms with Gasteiger partial charge in [-0.1, -0.05) is 0 Å². The number of carboxylic acid groups (broad SMARTS) is 3. The Morgan fingerprint density at radius 1 is 0.920 bits per heavy atom. The van der Waals surface area contributed by atoms with E-state index in [1.165, 1.54) is 0 Å². The van der Waals surface area contributed by atoms with Gasteiger partial charge in [0.2, 0.25) is 5.78 Å². The number of ketones is 2. The number of nitrogens with zero attached hydrogens (tertiary/aromatic N) is 2. The molecule has 0 saturated carbocycles. The van der Waals surface area contributed by atoms with Gasteiger partial charge in [0.25, 0.3) is 5.78 Å². The maximum absolute atomic E-state index is 12.2. The van der Waals surface area contributed by atoms with E-state index in [1.54, 1.807) is 0 Å². The van der Waals surface area contributed by atoms with Crippen LogP contribution < -0.4 is 0 Å². The maximum Gasteiger partial charge on any atom is 0.356 e. The highest BCUT2D eigenvalue weighted by molar-refractivity contribution is 6.53. The van der Waals surface area contributed by atoms with Crippen LogP contribution >= 0.6 is 0 Å². The highest BCUT2D eigenvalue weighted by atomic mass is 16.5. The van der Waals surface area contributed by atoms with E-state index in [4.69, 9.17) is 10.2 Å². The number of fused-ring (bicyclic) bond motifs is 3. The van der Waals surface area contributed by atoms with Crippen molar-refractivity contribution in [2.24, 2.45) is 0 Å². The second-order valence-electron chi connectivity index (χ2n) is 4.96. The summed E-state index contributed by atoms with van der Waals surface area (Å²) in [4.78, 5) is 61.4. The lowest BCUT2D eigenvalue weighted by Crippen LogP contribution is -2.26. The Bertz CT molecular complexity index is 1030. The molecule has 1 aliphatic rings. The minimum atomic E-state index is -1.66. The van der Waals surface area contributed by atoms with E-state index >= 15 is 0 Å². The quantitative estimate of drug-likeness (QED) is 0.444. The van der Waals surface area contributed by atoms with E-state index in [0.29, 0.717) is 6.07 Å². The Morgan fingerprint density at radius 2 is 1.56 bits per heavy atom. The molecule has 0 spiro atoms. The van der Waals surface area contributed by atoms with E-state index in [1.807, 2.05) is 0 Å². The van der Waals surface area contributed by atoms with E-state index < -0.39 is 68.9 Å². The number of hydrogen-bond acceptors (Lipinski definition) is 7. The van der Waals surface area contributed by atoms with Crippen molar-refractivity contribution < 1.29 is 44.5 Å². The predicted octanol–water partition coefficient (Wildman–Crippen LogP) is 0.261. The average molecular weight is 346 g/mol. The summed E-state index contributed by atoms with van der Waals surface area (Å²) in [7, 11) is 0. The van der Waals surface area contributed by atoms with Crippen molar-refractivity contribution in [1.82, 2.24) is 9.71 Å². The molecule has 0 radical (unpaired) electrons. The van der Waals surface area contributed by atoms with Crippen LogP contribution in [-0.4, -0.2) is 59.7 Å². The minimum absolute atomic E-state index is 0.0510. The third-order valence-corrected chi connectivity index (χ3v) is 3.57. The predicted molar refractivity (Wildman–Crippen MR) is 74.4 cm³/mol. The molecule has 2 aromatic heterocycles. The molecule has 4 N–H and O–H groups in total. The lowest BCUT2D eigenvalue weighted by molar-refractivity contribution is 0.0643. The number of aromatic nitrogens is 2. The van der Waals surface area contributed by atoms with E-state index in [-0.39, 0.29) is 4.73 Å². The van der Waals surface area contributed by atoms with Gasteiger partial charge in [0.05, 0.1) is 11.1 Å². The Labute approximate surface area is 136 Å². The molecule has 11 heteroatoms. The Balaban J connectivity index is 2.50. The van der Waals surface area contributed by atoms with Crippen molar-refractivity contribution in [3.63, 3.8) is 0 Å². The number of hydrogen-bond donors (Lipinski definition) is 4. The summed E-state index contributed by atoms with van der Waals surface area (Å²) in [5.74, 6) is -7.49. The van der Waals surface area contributed by atoms with E-state index in [9.17, 15) is 34.3 Å². The second-order valence-corrected chi connectivity index (χ2v) is 4.96. The SMILES string of the molecule is O=C(O)c1cc(C(=O)O)c2c(n1)C(=O)C(=O)c1cc(C(=O)O)n(O)c1-2. The molecule has 0 saturated heterocycles. The van der Waals surface area contributed by atoms with E-state index in [2.05, 4.69) is 4.98 Å². The average Bonchev–Trinajstić information content (AvgIpc) is 2.89. The van der Waals surface area contributed by atoms with Gasteiger partial charge in [-0.2, -0.15) is 4.73 Å². The number of aromatic carboxylic acids is 3. The fourth-order valence-electron chi connectivity index (χ4n) is 2.52. The zero-order chi connectivity index (χ0) is 18.6. The molecule has 2 aromatic rings. The summed E-state index contributed by atoms with van der Waals surface area (Å²) in [6.07, 6.45) is 0. The van der Waals surface area contributed by atoms with Crippen LogP contribution in [0.3, 0.4) is 0 Å². The third-order valence-electron chi connectivity index (χ3n) is 3.57. The summed E-state index contributed by atoms with van der Waals surface area (Å²) in [6.45, 7) is 0. The lowest BCUT2D eigenvalue weighted by Gasteiger charge is -2.17. The first kappa shape index (κ1) is 15.9. The molecular weight excluding hydrogens is 340 g/mol. The van der Waals surface area contributed by atoms with Crippen molar-refractivity contribution in [1.29, 1.82) is 0 Å². The molecule has 25 heavy (non-hydrogen) atoms. The molecule has 126 valence electrons. The van der Waals surface area contributed by atoms with Crippen molar-refractivity contribution in [2.75, 3.05) is 0 Å². The van der Waals surface area contributed by atoms with Crippen LogP contribution in [0.4, 0.5) is 0 Å². The fourth-order valence-corrected chi connectivity index (χ4v) is 2.52. The molecule has 0 aromatic carbocycles. The van der Waals surface area contributed by atoms with Gasteiger partial charge in [0, 0.05) is 5.56 Å². The molecule has 11 nitrogen and oxygen atoms in total. The number of carboxylic acids is 3. The molecule has 0 unspecified atom stereocenters. The summed E-state index contributed by atoms with van der Waals surface area (Å²) >= 11 is 0. The molecule has 1 aliphatic carbocycles. The monoisotopic (exact) mass is 346 g/mol. The minimum Gasteiger partial charge on any atom is -0.478 e.